The SMILES string of the molecule is [I-].c1ccc([Se]P(N2CCCC2)(N2CCCC2)=[N+]2CCCC2)cc1. The van der Waals surface area contributed by atoms with E-state index in [2.05, 4.69) is 44.0 Å². The molecule has 0 N–H and O–H groups in total. The van der Waals surface area contributed by atoms with Crippen molar-refractivity contribution in [3.8, 4) is 0 Å². The van der Waals surface area contributed by atoms with Crippen LogP contribution in [0.2, 0.25) is 0 Å². The van der Waals surface area contributed by atoms with Crippen LogP contribution in [0, 0.1) is 0 Å². The first-order valence-electron chi connectivity index (χ1n) is 9.29. The molecule has 0 spiro atoms. The molecule has 0 unspecified atom stereocenters. The van der Waals surface area contributed by atoms with Gasteiger partial charge in [-0.25, -0.2) is 0 Å². The summed E-state index contributed by atoms with van der Waals surface area (Å²) in [7, 11) is 0. The summed E-state index contributed by atoms with van der Waals surface area (Å²) in [5.41, 5.74) is 0. The Hall–Kier alpha value is 0.619. The summed E-state index contributed by atoms with van der Waals surface area (Å²) in [4.78, 5) is 0. The Kier molecular flexibility index (Phi) is 7.28. The number of halogens is 1. The normalized spacial score (nSPS) is 22.9. The summed E-state index contributed by atoms with van der Waals surface area (Å²) in [5, 5.41) is 0. The van der Waals surface area contributed by atoms with Gasteiger partial charge >= 0.3 is 147 Å². The Bertz CT molecular complexity index is 555. The van der Waals surface area contributed by atoms with Crippen molar-refractivity contribution in [1.29, 1.82) is 0 Å². The third kappa shape index (κ3) is 3.82. The average Bonchev–Trinajstić information content (AvgIpc) is 3.38. The molecule has 134 valence electrons. The van der Waals surface area contributed by atoms with E-state index in [0.29, 0.717) is 14.5 Å². The van der Waals surface area contributed by atoms with Gasteiger partial charge in [-0.05, 0) is 0 Å². The van der Waals surface area contributed by atoms with Crippen LogP contribution in [0.25, 0.3) is 0 Å². The van der Waals surface area contributed by atoms with Crippen molar-refractivity contribution in [1.82, 2.24) is 9.34 Å². The molecule has 3 aliphatic heterocycles. The van der Waals surface area contributed by atoms with Crippen molar-refractivity contribution >= 4 is 25.0 Å². The van der Waals surface area contributed by atoms with Crippen LogP contribution < -0.4 is 28.4 Å². The molecule has 0 radical (unpaired) electrons. The van der Waals surface area contributed by atoms with Gasteiger partial charge in [0.2, 0.25) is 0 Å². The Morgan fingerprint density at radius 2 is 1.25 bits per heavy atom. The number of benzene rings is 1. The van der Waals surface area contributed by atoms with Crippen LogP contribution in [-0.2, 0) is 0 Å². The monoisotopic (exact) mass is 525 g/mol. The van der Waals surface area contributed by atoms with E-state index in [9.17, 15) is 0 Å². The second kappa shape index (κ2) is 9.01. The van der Waals surface area contributed by atoms with Gasteiger partial charge in [0.15, 0.2) is 0 Å². The van der Waals surface area contributed by atoms with Crippen molar-refractivity contribution in [2.75, 3.05) is 39.3 Å². The van der Waals surface area contributed by atoms with Crippen molar-refractivity contribution in [2.24, 2.45) is 0 Å². The number of nitrogens with zero attached hydrogens (tertiary/aromatic N) is 3. The summed E-state index contributed by atoms with van der Waals surface area (Å²) in [6.07, 6.45) is 8.47. The Balaban J connectivity index is 0.00000169. The van der Waals surface area contributed by atoms with Crippen LogP contribution in [0.5, 0.6) is 0 Å². The van der Waals surface area contributed by atoms with E-state index in [0.717, 1.165) is 0 Å². The van der Waals surface area contributed by atoms with Crippen LogP contribution in [0.4, 0.5) is 0 Å². The maximum absolute atomic E-state index is 2.97. The second-order valence-electron chi connectivity index (χ2n) is 6.90. The van der Waals surface area contributed by atoms with Gasteiger partial charge in [0.1, 0.15) is 0 Å². The molecule has 0 aliphatic carbocycles. The maximum atomic E-state index is 2.97. The molecule has 1 aromatic carbocycles. The molecule has 3 nitrogen and oxygen atoms in total. The van der Waals surface area contributed by atoms with Gasteiger partial charge < -0.3 is 24.0 Å². The van der Waals surface area contributed by atoms with E-state index in [4.69, 9.17) is 0 Å². The van der Waals surface area contributed by atoms with E-state index >= 15 is 0 Å². The van der Waals surface area contributed by atoms with Crippen molar-refractivity contribution in [3.05, 3.63) is 30.3 Å². The molecule has 24 heavy (non-hydrogen) atoms. The molecule has 3 saturated heterocycles. The van der Waals surface area contributed by atoms with Gasteiger partial charge in [0, 0.05) is 0 Å². The molecule has 0 aromatic heterocycles. The van der Waals surface area contributed by atoms with Crippen LogP contribution in [0.1, 0.15) is 38.5 Å². The summed E-state index contributed by atoms with van der Waals surface area (Å²) < 4.78 is 10.5. The minimum atomic E-state index is -1.30. The van der Waals surface area contributed by atoms with E-state index in [1.807, 2.05) is 0 Å². The van der Waals surface area contributed by atoms with Gasteiger partial charge in [-0.15, -0.1) is 0 Å². The molecule has 3 fully saturated rings. The van der Waals surface area contributed by atoms with Gasteiger partial charge in [-0.2, -0.15) is 0 Å². The Morgan fingerprint density at radius 3 is 1.75 bits per heavy atom. The fourth-order valence-corrected chi connectivity index (χ4v) is 16.6. The van der Waals surface area contributed by atoms with Crippen molar-refractivity contribution < 1.29 is 28.3 Å². The average molecular weight is 524 g/mol. The Labute approximate surface area is 170 Å². The molecule has 4 rings (SSSR count). The molecule has 6 heteroatoms. The number of rotatable bonds is 4. The van der Waals surface area contributed by atoms with Crippen LogP contribution >= 0.6 is 6.05 Å². The summed E-state index contributed by atoms with van der Waals surface area (Å²) in [6.45, 7) is 8.06. The van der Waals surface area contributed by atoms with E-state index in [1.165, 1.54) is 77.8 Å². The minimum absolute atomic E-state index is 0. The molecule has 0 amide bonds. The summed E-state index contributed by atoms with van der Waals surface area (Å²) >= 11 is 0.563. The first-order chi connectivity index (χ1) is 11.4. The van der Waals surface area contributed by atoms with Crippen LogP contribution in [0.15, 0.2) is 30.3 Å². The second-order valence-corrected chi connectivity index (χ2v) is 15.0. The zero-order valence-corrected chi connectivity index (χ0v) is 19.2. The van der Waals surface area contributed by atoms with Crippen molar-refractivity contribution in [3.63, 3.8) is 0 Å². The topological polar surface area (TPSA) is 9.49 Å². The quantitative estimate of drug-likeness (QED) is 0.311. The van der Waals surface area contributed by atoms with Gasteiger partial charge in [-0.1, -0.05) is 0 Å². The molecule has 3 heterocycles. The predicted molar refractivity (Wildman–Crippen MR) is 99.6 cm³/mol. The van der Waals surface area contributed by atoms with Gasteiger partial charge in [0.05, 0.1) is 0 Å². The zero-order chi connectivity index (χ0) is 15.5. The fourth-order valence-electron chi connectivity index (χ4n) is 4.22. The Morgan fingerprint density at radius 1 is 0.750 bits per heavy atom. The van der Waals surface area contributed by atoms with Gasteiger partial charge in [-0.3, -0.25) is 0 Å². The third-order valence-corrected chi connectivity index (χ3v) is 17.0. The van der Waals surface area contributed by atoms with Gasteiger partial charge in [0.25, 0.3) is 0 Å². The third-order valence-electron chi connectivity index (χ3n) is 5.32. The molecule has 3 aliphatic rings. The van der Waals surface area contributed by atoms with Crippen LogP contribution in [-0.4, -0.2) is 67.5 Å². The van der Waals surface area contributed by atoms with E-state index in [1.54, 1.807) is 4.46 Å². The zero-order valence-electron chi connectivity index (χ0n) is 14.4. The van der Waals surface area contributed by atoms with Crippen molar-refractivity contribution in [2.45, 2.75) is 38.5 Å². The number of hydrogen-bond acceptors (Lipinski definition) is 0. The predicted octanol–water partition coefficient (Wildman–Crippen LogP) is -0.0358. The van der Waals surface area contributed by atoms with E-state index < -0.39 is 6.05 Å². The van der Waals surface area contributed by atoms with Crippen LogP contribution in [0.3, 0.4) is 0 Å². The van der Waals surface area contributed by atoms with E-state index in [-0.39, 0.29) is 24.0 Å². The molecule has 0 atom stereocenters. The number of hydrogen-bond donors (Lipinski definition) is 0. The first-order valence-corrected chi connectivity index (χ1v) is 14.0. The molecular formula is C18H29IN3PSe. The fraction of sp³-hybridized carbons (Fsp3) is 0.667. The standard InChI is InChI=1S/C18H29N3PSe.HI/c1-2-10-18(11-3-1)23-22(19-12-4-5-13-19,20-14-6-7-15-20)21-16-8-9-17-21;/h1-3,10-11H,4-9,12-17H2;1H/q+1;/p-1. The molecular weight excluding hydrogens is 495 g/mol. The molecule has 0 saturated carbocycles. The first kappa shape index (κ1) is 19.4. The molecule has 0 bridgehead atoms. The molecule has 1 aromatic rings. The summed E-state index contributed by atoms with van der Waals surface area (Å²) in [5.74, 6) is 0. The summed E-state index contributed by atoms with van der Waals surface area (Å²) in [6, 6.07) is 10.1.